The summed E-state index contributed by atoms with van der Waals surface area (Å²) in [5, 5.41) is 7.58. The van der Waals surface area contributed by atoms with E-state index in [2.05, 4.69) is 207 Å². The van der Waals surface area contributed by atoms with E-state index in [0.717, 1.165) is 17.1 Å². The molecule has 0 atom stereocenters. The molecule has 0 aromatic heterocycles. The third-order valence-corrected chi connectivity index (χ3v) is 10.1. The van der Waals surface area contributed by atoms with Gasteiger partial charge in [-0.2, -0.15) is 0 Å². The fourth-order valence-electron chi connectivity index (χ4n) is 7.77. The zero-order valence-electron chi connectivity index (χ0n) is 28.8. The second-order valence-corrected chi connectivity index (χ2v) is 13.5. The van der Waals surface area contributed by atoms with E-state index in [1.165, 1.54) is 76.8 Å². The molecule has 9 aromatic carbocycles. The number of aryl methyl sites for hydroxylation is 2. The van der Waals surface area contributed by atoms with Crippen molar-refractivity contribution in [3.63, 3.8) is 0 Å². The molecule has 0 saturated heterocycles. The van der Waals surface area contributed by atoms with Crippen molar-refractivity contribution in [2.75, 3.05) is 4.90 Å². The van der Waals surface area contributed by atoms with Gasteiger partial charge in [-0.1, -0.05) is 140 Å². The quantitative estimate of drug-likeness (QED) is 0.162. The average molecular weight is 652 g/mol. The molecule has 0 spiro atoms. The highest BCUT2D eigenvalue weighted by atomic mass is 15.1. The van der Waals surface area contributed by atoms with E-state index in [1.54, 1.807) is 0 Å². The summed E-state index contributed by atoms with van der Waals surface area (Å²) < 4.78 is 0. The van der Waals surface area contributed by atoms with Gasteiger partial charge in [-0.05, 0) is 139 Å². The molecule has 0 aliphatic heterocycles. The predicted molar refractivity (Wildman–Crippen MR) is 219 cm³/mol. The normalized spacial score (nSPS) is 11.3. The summed E-state index contributed by atoms with van der Waals surface area (Å²) in [7, 11) is 0. The fraction of sp³-hybridized carbons (Fsp3) is 0.0400. The van der Waals surface area contributed by atoms with E-state index in [9.17, 15) is 0 Å². The molecule has 1 nitrogen and oxygen atoms in total. The van der Waals surface area contributed by atoms with Crippen molar-refractivity contribution in [1.82, 2.24) is 0 Å². The average Bonchev–Trinajstić information content (AvgIpc) is 3.18. The van der Waals surface area contributed by atoms with Crippen LogP contribution in [-0.4, -0.2) is 0 Å². The third kappa shape index (κ3) is 5.54. The summed E-state index contributed by atoms with van der Waals surface area (Å²) >= 11 is 0. The van der Waals surface area contributed by atoms with Gasteiger partial charge in [0.15, 0.2) is 0 Å². The first-order chi connectivity index (χ1) is 25.1. The Balaban J connectivity index is 1.23. The van der Waals surface area contributed by atoms with Crippen LogP contribution in [0.4, 0.5) is 17.1 Å². The highest BCUT2D eigenvalue weighted by Crippen LogP contribution is 2.44. The molecule has 0 unspecified atom stereocenters. The van der Waals surface area contributed by atoms with Crippen LogP contribution in [0.1, 0.15) is 11.1 Å². The van der Waals surface area contributed by atoms with Crippen LogP contribution < -0.4 is 4.90 Å². The first-order valence-corrected chi connectivity index (χ1v) is 17.7. The maximum absolute atomic E-state index is 2.43. The van der Waals surface area contributed by atoms with Gasteiger partial charge in [-0.15, -0.1) is 0 Å². The SMILES string of the molecule is Cc1cccc(N(c2ccc(-c3cc4c5ccccc5c(-c5ccccc5-c5ccccc5)cc4c4ccccc34)cc2)c2cccc(C)c2)c1. The number of benzene rings is 9. The lowest BCUT2D eigenvalue weighted by atomic mass is 9.86. The van der Waals surface area contributed by atoms with Crippen LogP contribution in [0.5, 0.6) is 0 Å². The number of hydrogen-bond acceptors (Lipinski definition) is 1. The number of nitrogens with zero attached hydrogens (tertiary/aromatic N) is 1. The Bertz CT molecular complexity index is 2660. The molecule has 9 aromatic rings. The van der Waals surface area contributed by atoms with Gasteiger partial charge >= 0.3 is 0 Å². The maximum Gasteiger partial charge on any atom is 0.0464 e. The third-order valence-electron chi connectivity index (χ3n) is 10.1. The lowest BCUT2D eigenvalue weighted by Crippen LogP contribution is -2.10. The van der Waals surface area contributed by atoms with Gasteiger partial charge in [0.25, 0.3) is 0 Å². The van der Waals surface area contributed by atoms with Crippen molar-refractivity contribution >= 4 is 49.4 Å². The highest BCUT2D eigenvalue weighted by molar-refractivity contribution is 6.24. The van der Waals surface area contributed by atoms with Crippen LogP contribution in [0, 0.1) is 13.8 Å². The molecule has 51 heavy (non-hydrogen) atoms. The zero-order chi connectivity index (χ0) is 34.3. The largest absolute Gasteiger partial charge is 0.310 e. The standard InChI is InChI=1S/C50H37N/c1-34-14-12-18-39(30-34)51(40-19-13-15-35(2)31-40)38-28-26-37(27-29-38)47-32-49-46-25-11-10-24-45(46)48(33-50(49)44-23-9-8-22-43(44)47)42-21-7-6-20-41(42)36-16-4-3-5-17-36/h3-33H,1-2H3. The molecule has 1 heteroatoms. The molecule has 0 N–H and O–H groups in total. The predicted octanol–water partition coefficient (Wildman–Crippen LogP) is 14.2. The zero-order valence-corrected chi connectivity index (χ0v) is 28.8. The van der Waals surface area contributed by atoms with Crippen LogP contribution in [0.2, 0.25) is 0 Å². The van der Waals surface area contributed by atoms with Crippen LogP contribution in [0.25, 0.3) is 65.7 Å². The fourth-order valence-corrected chi connectivity index (χ4v) is 7.77. The summed E-state index contributed by atoms with van der Waals surface area (Å²) in [5.41, 5.74) is 13.3. The molecular formula is C50H37N. The van der Waals surface area contributed by atoms with Gasteiger partial charge in [0.1, 0.15) is 0 Å². The summed E-state index contributed by atoms with van der Waals surface area (Å²) in [6, 6.07) is 68.8. The second-order valence-electron chi connectivity index (χ2n) is 13.5. The van der Waals surface area contributed by atoms with Crippen molar-refractivity contribution in [3.8, 4) is 33.4 Å². The monoisotopic (exact) mass is 651 g/mol. The Morgan fingerprint density at radius 3 is 1.33 bits per heavy atom. The van der Waals surface area contributed by atoms with Gasteiger partial charge < -0.3 is 4.90 Å². The van der Waals surface area contributed by atoms with Gasteiger partial charge in [-0.25, -0.2) is 0 Å². The Hall–Kier alpha value is -6.44. The van der Waals surface area contributed by atoms with Crippen molar-refractivity contribution < 1.29 is 0 Å². The number of rotatable bonds is 6. The summed E-state index contributed by atoms with van der Waals surface area (Å²) in [5.74, 6) is 0. The maximum atomic E-state index is 2.43. The van der Waals surface area contributed by atoms with Crippen molar-refractivity contribution in [2.45, 2.75) is 13.8 Å². The summed E-state index contributed by atoms with van der Waals surface area (Å²) in [4.78, 5) is 2.35. The first-order valence-electron chi connectivity index (χ1n) is 17.7. The van der Waals surface area contributed by atoms with E-state index >= 15 is 0 Å². The first kappa shape index (κ1) is 30.6. The van der Waals surface area contributed by atoms with Crippen molar-refractivity contribution in [1.29, 1.82) is 0 Å². The van der Waals surface area contributed by atoms with Crippen LogP contribution >= 0.6 is 0 Å². The Morgan fingerprint density at radius 2 is 0.745 bits per heavy atom. The Kier molecular flexibility index (Phi) is 7.67. The molecule has 0 aliphatic rings. The molecular weight excluding hydrogens is 615 g/mol. The van der Waals surface area contributed by atoms with Crippen molar-refractivity contribution in [2.24, 2.45) is 0 Å². The Morgan fingerprint density at radius 1 is 0.275 bits per heavy atom. The minimum atomic E-state index is 1.13. The Labute approximate surface area is 299 Å². The van der Waals surface area contributed by atoms with E-state index in [-0.39, 0.29) is 0 Å². The van der Waals surface area contributed by atoms with Crippen LogP contribution in [-0.2, 0) is 0 Å². The number of fused-ring (bicyclic) bond motifs is 5. The summed E-state index contributed by atoms with van der Waals surface area (Å²) in [6.07, 6.45) is 0. The molecule has 9 rings (SSSR count). The summed E-state index contributed by atoms with van der Waals surface area (Å²) in [6.45, 7) is 4.31. The molecule has 0 aliphatic carbocycles. The highest BCUT2D eigenvalue weighted by Gasteiger charge is 2.18. The van der Waals surface area contributed by atoms with Gasteiger partial charge in [0.2, 0.25) is 0 Å². The lowest BCUT2D eigenvalue weighted by Gasteiger charge is -2.26. The molecule has 242 valence electrons. The second kappa shape index (κ2) is 12.8. The smallest absolute Gasteiger partial charge is 0.0464 e. The molecule has 0 amide bonds. The minimum absolute atomic E-state index is 1.13. The van der Waals surface area contributed by atoms with E-state index in [0.29, 0.717) is 0 Å². The minimum Gasteiger partial charge on any atom is -0.310 e. The molecule has 0 fully saturated rings. The van der Waals surface area contributed by atoms with Gasteiger partial charge in [0.05, 0.1) is 0 Å². The van der Waals surface area contributed by atoms with Crippen LogP contribution in [0.15, 0.2) is 188 Å². The van der Waals surface area contributed by atoms with E-state index in [4.69, 9.17) is 0 Å². The van der Waals surface area contributed by atoms with Crippen molar-refractivity contribution in [3.05, 3.63) is 199 Å². The molecule has 0 heterocycles. The topological polar surface area (TPSA) is 3.24 Å². The molecule has 0 bridgehead atoms. The molecule has 0 radical (unpaired) electrons. The van der Waals surface area contributed by atoms with Gasteiger partial charge in [-0.3, -0.25) is 0 Å². The van der Waals surface area contributed by atoms with Gasteiger partial charge in [0, 0.05) is 17.1 Å². The van der Waals surface area contributed by atoms with E-state index in [1.807, 2.05) is 0 Å². The molecule has 0 saturated carbocycles. The number of anilines is 3. The number of hydrogen-bond donors (Lipinski definition) is 0. The van der Waals surface area contributed by atoms with E-state index < -0.39 is 0 Å². The van der Waals surface area contributed by atoms with Crippen LogP contribution in [0.3, 0.4) is 0 Å². The lowest BCUT2D eigenvalue weighted by molar-refractivity contribution is 1.26.